The third-order valence-corrected chi connectivity index (χ3v) is 4.20. The van der Waals surface area contributed by atoms with Crippen LogP contribution in [0.1, 0.15) is 55.6 Å². The lowest BCUT2D eigenvalue weighted by atomic mass is 9.85. The average molecular weight is 235 g/mol. The smallest absolute Gasteiger partial charge is 0.0644 e. The van der Waals surface area contributed by atoms with E-state index in [1.807, 2.05) is 7.05 Å². The highest BCUT2D eigenvalue weighted by atomic mass is 15.3. The maximum atomic E-state index is 4.73. The van der Waals surface area contributed by atoms with Crippen LogP contribution in [0.15, 0.2) is 0 Å². The van der Waals surface area contributed by atoms with Crippen LogP contribution in [0.2, 0.25) is 0 Å². The summed E-state index contributed by atoms with van der Waals surface area (Å²) in [5.41, 5.74) is 3.97. The fourth-order valence-corrected chi connectivity index (χ4v) is 2.87. The van der Waals surface area contributed by atoms with Crippen LogP contribution in [-0.2, 0) is 6.54 Å². The number of rotatable bonds is 5. The molecule has 0 amide bonds. The van der Waals surface area contributed by atoms with Gasteiger partial charge >= 0.3 is 0 Å². The summed E-state index contributed by atoms with van der Waals surface area (Å²) in [6, 6.07) is 0.449. The first-order valence-electron chi connectivity index (χ1n) is 6.88. The van der Waals surface area contributed by atoms with Crippen molar-refractivity contribution < 1.29 is 0 Å². The van der Waals surface area contributed by atoms with E-state index in [2.05, 4.69) is 30.8 Å². The number of hydrogen-bond acceptors (Lipinski definition) is 2. The second kappa shape index (κ2) is 5.21. The molecule has 2 rings (SSSR count). The van der Waals surface area contributed by atoms with Crippen LogP contribution in [0.3, 0.4) is 0 Å². The van der Waals surface area contributed by atoms with Crippen molar-refractivity contribution in [2.75, 3.05) is 7.05 Å². The number of aryl methyl sites for hydroxylation is 1. The molecule has 1 aliphatic carbocycles. The van der Waals surface area contributed by atoms with Crippen molar-refractivity contribution in [1.82, 2.24) is 15.1 Å². The molecule has 1 aromatic heterocycles. The van der Waals surface area contributed by atoms with E-state index in [1.165, 1.54) is 36.2 Å². The molecule has 96 valence electrons. The van der Waals surface area contributed by atoms with Gasteiger partial charge in [-0.2, -0.15) is 5.10 Å². The molecular weight excluding hydrogens is 210 g/mol. The molecule has 0 radical (unpaired) electrons. The molecule has 1 heterocycles. The molecule has 3 nitrogen and oxygen atoms in total. The van der Waals surface area contributed by atoms with Gasteiger partial charge in [0.1, 0.15) is 0 Å². The summed E-state index contributed by atoms with van der Waals surface area (Å²) in [5, 5.41) is 8.12. The third-order valence-electron chi connectivity index (χ3n) is 4.20. The van der Waals surface area contributed by atoms with Crippen LogP contribution in [0, 0.1) is 19.8 Å². The van der Waals surface area contributed by atoms with E-state index in [4.69, 9.17) is 5.10 Å². The van der Waals surface area contributed by atoms with E-state index in [-0.39, 0.29) is 0 Å². The van der Waals surface area contributed by atoms with Crippen LogP contribution >= 0.6 is 0 Å². The number of nitrogens with one attached hydrogen (secondary N) is 1. The van der Waals surface area contributed by atoms with Crippen molar-refractivity contribution in [3.8, 4) is 0 Å². The highest BCUT2D eigenvalue weighted by Gasteiger charge is 2.22. The first-order valence-corrected chi connectivity index (χ1v) is 6.88. The minimum absolute atomic E-state index is 0.449. The fourth-order valence-electron chi connectivity index (χ4n) is 2.87. The molecule has 1 aromatic rings. The van der Waals surface area contributed by atoms with Crippen molar-refractivity contribution in [3.05, 3.63) is 17.0 Å². The van der Waals surface area contributed by atoms with Gasteiger partial charge in [-0.3, -0.25) is 4.68 Å². The Morgan fingerprint density at radius 1 is 1.41 bits per heavy atom. The number of nitrogens with zero attached hydrogens (tertiary/aromatic N) is 2. The molecule has 1 aliphatic rings. The first kappa shape index (κ1) is 12.6. The van der Waals surface area contributed by atoms with E-state index in [9.17, 15) is 0 Å². The summed E-state index contributed by atoms with van der Waals surface area (Å²) >= 11 is 0. The fraction of sp³-hybridized carbons (Fsp3) is 0.786. The maximum Gasteiger partial charge on any atom is 0.0644 e. The lowest BCUT2D eigenvalue weighted by molar-refractivity contribution is 0.264. The Bertz CT molecular complexity index is 373. The van der Waals surface area contributed by atoms with Crippen molar-refractivity contribution >= 4 is 0 Å². The predicted octanol–water partition coefficient (Wildman–Crippen LogP) is 2.97. The maximum absolute atomic E-state index is 4.73. The number of aromatic nitrogens is 2. The second-order valence-electron chi connectivity index (χ2n) is 5.31. The van der Waals surface area contributed by atoms with Gasteiger partial charge in [0.15, 0.2) is 0 Å². The Hall–Kier alpha value is -0.830. The molecule has 1 saturated carbocycles. The lowest BCUT2D eigenvalue weighted by Crippen LogP contribution is -2.20. The van der Waals surface area contributed by atoms with Crippen molar-refractivity contribution in [1.29, 1.82) is 0 Å². The molecule has 0 bridgehead atoms. The van der Waals surface area contributed by atoms with Crippen molar-refractivity contribution in [2.45, 2.75) is 59.0 Å². The van der Waals surface area contributed by atoms with Crippen LogP contribution in [0.25, 0.3) is 0 Å². The van der Waals surface area contributed by atoms with Crippen LogP contribution in [-0.4, -0.2) is 16.8 Å². The zero-order valence-electron chi connectivity index (χ0n) is 11.6. The third kappa shape index (κ3) is 2.39. The Morgan fingerprint density at radius 2 is 2.12 bits per heavy atom. The molecule has 0 aliphatic heterocycles. The Labute approximate surface area is 105 Å². The van der Waals surface area contributed by atoms with Crippen molar-refractivity contribution in [3.63, 3.8) is 0 Å². The molecule has 1 fully saturated rings. The Kier molecular flexibility index (Phi) is 3.87. The van der Waals surface area contributed by atoms with E-state index in [0.717, 1.165) is 18.9 Å². The van der Waals surface area contributed by atoms with Crippen LogP contribution < -0.4 is 5.32 Å². The van der Waals surface area contributed by atoms with Gasteiger partial charge < -0.3 is 5.32 Å². The average Bonchev–Trinajstić information content (AvgIpc) is 2.53. The summed E-state index contributed by atoms with van der Waals surface area (Å²) in [4.78, 5) is 0. The quantitative estimate of drug-likeness (QED) is 0.850. The standard InChI is InChI=1S/C14H25N3/c1-5-13(15-4)14-10(2)16-17(11(14)3)9-12-7-6-8-12/h12-13,15H,5-9H2,1-4H3. The van der Waals surface area contributed by atoms with Gasteiger partial charge in [0, 0.05) is 23.8 Å². The molecule has 0 saturated heterocycles. The molecule has 1 N–H and O–H groups in total. The largest absolute Gasteiger partial charge is 0.313 e. The van der Waals surface area contributed by atoms with Gasteiger partial charge in [-0.05, 0) is 46.1 Å². The van der Waals surface area contributed by atoms with Gasteiger partial charge in [-0.1, -0.05) is 13.3 Å². The lowest BCUT2D eigenvalue weighted by Gasteiger charge is -2.25. The summed E-state index contributed by atoms with van der Waals surface area (Å²) < 4.78 is 2.23. The van der Waals surface area contributed by atoms with Crippen LogP contribution in [0.4, 0.5) is 0 Å². The van der Waals surface area contributed by atoms with Gasteiger partial charge in [0.05, 0.1) is 5.69 Å². The van der Waals surface area contributed by atoms with Gasteiger partial charge in [0.25, 0.3) is 0 Å². The first-order chi connectivity index (χ1) is 8.17. The summed E-state index contributed by atoms with van der Waals surface area (Å²) in [7, 11) is 2.04. The monoisotopic (exact) mass is 235 g/mol. The van der Waals surface area contributed by atoms with E-state index in [0.29, 0.717) is 6.04 Å². The topological polar surface area (TPSA) is 29.9 Å². The second-order valence-corrected chi connectivity index (χ2v) is 5.31. The van der Waals surface area contributed by atoms with Crippen molar-refractivity contribution in [2.24, 2.45) is 5.92 Å². The molecule has 3 heteroatoms. The molecule has 1 atom stereocenters. The van der Waals surface area contributed by atoms with Gasteiger partial charge in [-0.25, -0.2) is 0 Å². The molecule has 0 aromatic carbocycles. The van der Waals surface area contributed by atoms with E-state index >= 15 is 0 Å². The molecule has 1 unspecified atom stereocenters. The SMILES string of the molecule is CCC(NC)c1c(C)nn(CC2CCC2)c1C. The molecule has 0 spiro atoms. The minimum atomic E-state index is 0.449. The van der Waals surface area contributed by atoms with Gasteiger partial charge in [0.2, 0.25) is 0 Å². The van der Waals surface area contributed by atoms with E-state index in [1.54, 1.807) is 0 Å². The zero-order chi connectivity index (χ0) is 12.4. The Balaban J connectivity index is 2.20. The van der Waals surface area contributed by atoms with Gasteiger partial charge in [-0.15, -0.1) is 0 Å². The van der Waals surface area contributed by atoms with Crippen LogP contribution in [0.5, 0.6) is 0 Å². The zero-order valence-corrected chi connectivity index (χ0v) is 11.6. The summed E-state index contributed by atoms with van der Waals surface area (Å²) in [6.07, 6.45) is 5.30. The highest BCUT2D eigenvalue weighted by molar-refractivity contribution is 5.28. The molecule has 17 heavy (non-hydrogen) atoms. The summed E-state index contributed by atoms with van der Waals surface area (Å²) in [5.74, 6) is 0.871. The predicted molar refractivity (Wildman–Crippen MR) is 71.1 cm³/mol. The minimum Gasteiger partial charge on any atom is -0.313 e. The molecular formula is C14H25N3. The highest BCUT2D eigenvalue weighted by Crippen LogP contribution is 2.30. The number of hydrogen-bond donors (Lipinski definition) is 1. The Morgan fingerprint density at radius 3 is 2.59 bits per heavy atom. The summed E-state index contributed by atoms with van der Waals surface area (Å²) in [6.45, 7) is 7.70. The van der Waals surface area contributed by atoms with E-state index < -0.39 is 0 Å². The normalized spacial score (nSPS) is 18.1.